The molecule has 0 aromatic rings. The van der Waals surface area contributed by atoms with Gasteiger partial charge in [-0.05, 0) is 54.9 Å². The lowest BCUT2D eigenvalue weighted by Crippen LogP contribution is -2.50. The lowest BCUT2D eigenvalue weighted by Gasteiger charge is -2.32. The second-order valence-corrected chi connectivity index (χ2v) is 8.07. The van der Waals surface area contributed by atoms with Crippen LogP contribution in [-0.4, -0.2) is 48.7 Å². The third-order valence-corrected chi connectivity index (χ3v) is 4.22. The Kier molecular flexibility index (Phi) is 4.54. The van der Waals surface area contributed by atoms with Gasteiger partial charge in [0.15, 0.2) is 0 Å². The first-order chi connectivity index (χ1) is 9.90. The molecule has 2 fully saturated rings. The number of hydrogen-bond acceptors (Lipinski definition) is 5. The Bertz CT molecular complexity index is 412. The maximum Gasteiger partial charge on any atom is 0.482 e. The van der Waals surface area contributed by atoms with E-state index in [1.807, 2.05) is 48.5 Å². The van der Waals surface area contributed by atoms with E-state index in [1.165, 1.54) is 0 Å². The molecule has 7 heteroatoms. The minimum atomic E-state index is -0.541. The molecule has 2 atom stereocenters. The SMILES string of the molecule is CC(C)(C)OC(=O)NC(CC1CO1)B1OC(C)(C)C(C)(C)O1. The summed E-state index contributed by atoms with van der Waals surface area (Å²) in [6, 6.07) is 0. The van der Waals surface area contributed by atoms with Gasteiger partial charge in [-0.3, -0.25) is 0 Å². The molecule has 0 aliphatic carbocycles. The van der Waals surface area contributed by atoms with E-state index in [0.29, 0.717) is 13.0 Å². The number of carbonyl (C=O) groups is 1. The fraction of sp³-hybridized carbons (Fsp3) is 0.933. The first-order valence-electron chi connectivity index (χ1n) is 7.86. The van der Waals surface area contributed by atoms with Crippen molar-refractivity contribution in [1.82, 2.24) is 5.32 Å². The van der Waals surface area contributed by atoms with Crippen molar-refractivity contribution < 1.29 is 23.6 Å². The van der Waals surface area contributed by atoms with Gasteiger partial charge in [0.1, 0.15) is 5.60 Å². The van der Waals surface area contributed by atoms with E-state index < -0.39 is 30.0 Å². The summed E-state index contributed by atoms with van der Waals surface area (Å²) in [6.45, 7) is 14.2. The second-order valence-electron chi connectivity index (χ2n) is 8.07. The Morgan fingerprint density at radius 3 is 2.18 bits per heavy atom. The molecule has 2 aliphatic heterocycles. The highest BCUT2D eigenvalue weighted by atomic mass is 16.7. The summed E-state index contributed by atoms with van der Waals surface area (Å²) in [5.41, 5.74) is -1.41. The second kappa shape index (κ2) is 5.69. The summed E-state index contributed by atoms with van der Waals surface area (Å²) < 4.78 is 22.7. The molecule has 0 bridgehead atoms. The standard InChI is InChI=1S/C15H28BNO5/c1-13(2,3)20-12(18)17-11(8-10-9-19-10)16-21-14(4,5)15(6,7)22-16/h10-11H,8-9H2,1-7H3,(H,17,18). The van der Waals surface area contributed by atoms with Crippen molar-refractivity contribution in [1.29, 1.82) is 0 Å². The predicted molar refractivity (Wildman–Crippen MR) is 83.6 cm³/mol. The third-order valence-electron chi connectivity index (χ3n) is 4.22. The zero-order valence-electron chi connectivity index (χ0n) is 14.7. The Morgan fingerprint density at radius 2 is 1.77 bits per heavy atom. The van der Waals surface area contributed by atoms with Gasteiger partial charge in [0, 0.05) is 0 Å². The average molecular weight is 313 g/mol. The largest absolute Gasteiger partial charge is 0.482 e. The molecule has 6 nitrogen and oxygen atoms in total. The third kappa shape index (κ3) is 4.37. The van der Waals surface area contributed by atoms with Gasteiger partial charge in [0.25, 0.3) is 0 Å². The molecule has 126 valence electrons. The number of rotatable bonds is 4. The summed E-state index contributed by atoms with van der Waals surface area (Å²) in [7, 11) is -0.512. The van der Waals surface area contributed by atoms with Crippen LogP contribution in [-0.2, 0) is 18.8 Å². The summed E-state index contributed by atoms with van der Waals surface area (Å²) in [4.78, 5) is 12.1. The van der Waals surface area contributed by atoms with E-state index in [-0.39, 0.29) is 12.0 Å². The fourth-order valence-electron chi connectivity index (χ4n) is 2.24. The van der Waals surface area contributed by atoms with Crippen molar-refractivity contribution in [3.8, 4) is 0 Å². The zero-order chi connectivity index (χ0) is 16.8. The molecular weight excluding hydrogens is 285 g/mol. The molecule has 0 spiro atoms. The molecule has 2 aliphatic rings. The summed E-state index contributed by atoms with van der Waals surface area (Å²) in [5, 5.41) is 2.87. The summed E-state index contributed by atoms with van der Waals surface area (Å²) >= 11 is 0. The van der Waals surface area contributed by atoms with Gasteiger partial charge in [-0.15, -0.1) is 0 Å². The van der Waals surface area contributed by atoms with E-state index >= 15 is 0 Å². The normalized spacial score (nSPS) is 27.4. The van der Waals surface area contributed by atoms with Crippen LogP contribution in [0.4, 0.5) is 4.79 Å². The van der Waals surface area contributed by atoms with Gasteiger partial charge in [-0.25, -0.2) is 4.79 Å². The van der Waals surface area contributed by atoms with Crippen LogP contribution in [0.1, 0.15) is 54.9 Å². The smallest absolute Gasteiger partial charge is 0.444 e. The predicted octanol–water partition coefficient (Wildman–Crippen LogP) is 2.30. The van der Waals surface area contributed by atoms with Gasteiger partial charge in [0.05, 0.1) is 29.9 Å². The lowest BCUT2D eigenvalue weighted by molar-refractivity contribution is 0.00578. The topological polar surface area (TPSA) is 69.3 Å². The van der Waals surface area contributed by atoms with Crippen molar-refractivity contribution in [3.05, 3.63) is 0 Å². The van der Waals surface area contributed by atoms with Crippen molar-refractivity contribution in [2.24, 2.45) is 0 Å². The maximum atomic E-state index is 12.1. The summed E-state index contributed by atoms with van der Waals surface area (Å²) in [5.74, 6) is -0.302. The highest BCUT2D eigenvalue weighted by molar-refractivity contribution is 6.48. The Hall–Kier alpha value is -0.785. The van der Waals surface area contributed by atoms with E-state index in [1.54, 1.807) is 0 Å². The van der Waals surface area contributed by atoms with Gasteiger partial charge < -0.3 is 24.1 Å². The van der Waals surface area contributed by atoms with Gasteiger partial charge >= 0.3 is 13.2 Å². The Labute approximate surface area is 133 Å². The van der Waals surface area contributed by atoms with Crippen LogP contribution in [0.3, 0.4) is 0 Å². The Morgan fingerprint density at radius 1 is 1.27 bits per heavy atom. The lowest BCUT2D eigenvalue weighted by atomic mass is 9.75. The number of amides is 1. The molecule has 1 amide bonds. The van der Waals surface area contributed by atoms with Crippen LogP contribution in [0.25, 0.3) is 0 Å². The van der Waals surface area contributed by atoms with Crippen LogP contribution >= 0.6 is 0 Å². The molecule has 1 N–H and O–H groups in total. The van der Waals surface area contributed by atoms with Crippen molar-refractivity contribution in [3.63, 3.8) is 0 Å². The van der Waals surface area contributed by atoms with E-state index in [9.17, 15) is 4.79 Å². The molecule has 0 aromatic carbocycles. The number of ether oxygens (including phenoxy) is 2. The van der Waals surface area contributed by atoms with Crippen molar-refractivity contribution >= 4 is 13.2 Å². The molecule has 2 heterocycles. The zero-order valence-corrected chi connectivity index (χ0v) is 14.7. The molecule has 0 saturated carbocycles. The van der Waals surface area contributed by atoms with Crippen LogP contribution in [0.15, 0.2) is 0 Å². The minimum Gasteiger partial charge on any atom is -0.444 e. The number of epoxide rings is 1. The van der Waals surface area contributed by atoms with E-state index in [2.05, 4.69) is 5.32 Å². The number of carbonyl (C=O) groups excluding carboxylic acids is 1. The number of alkyl carbamates (subject to hydrolysis) is 1. The Balaban J connectivity index is 2.02. The first-order valence-corrected chi connectivity index (χ1v) is 7.86. The van der Waals surface area contributed by atoms with Crippen LogP contribution in [0.5, 0.6) is 0 Å². The highest BCUT2D eigenvalue weighted by Crippen LogP contribution is 2.38. The van der Waals surface area contributed by atoms with E-state index in [4.69, 9.17) is 18.8 Å². The van der Waals surface area contributed by atoms with Crippen LogP contribution < -0.4 is 5.32 Å². The number of hydrogen-bond donors (Lipinski definition) is 1. The van der Waals surface area contributed by atoms with Crippen LogP contribution in [0, 0.1) is 0 Å². The summed E-state index contributed by atoms with van der Waals surface area (Å²) in [6.07, 6.45) is 0.336. The molecule has 2 saturated heterocycles. The molecule has 22 heavy (non-hydrogen) atoms. The highest BCUT2D eigenvalue weighted by Gasteiger charge is 2.55. The molecule has 2 unspecified atom stereocenters. The van der Waals surface area contributed by atoms with E-state index in [0.717, 1.165) is 0 Å². The number of nitrogens with one attached hydrogen (secondary N) is 1. The molecular formula is C15H28BNO5. The molecule has 0 radical (unpaired) electrons. The average Bonchev–Trinajstić information content (AvgIpc) is 3.03. The van der Waals surface area contributed by atoms with Crippen molar-refractivity contribution in [2.75, 3.05) is 6.61 Å². The monoisotopic (exact) mass is 313 g/mol. The van der Waals surface area contributed by atoms with Crippen molar-refractivity contribution in [2.45, 2.75) is 83.7 Å². The van der Waals surface area contributed by atoms with Gasteiger partial charge in [0.2, 0.25) is 0 Å². The van der Waals surface area contributed by atoms with Gasteiger partial charge in [-0.1, -0.05) is 0 Å². The minimum absolute atomic E-state index is 0.152. The van der Waals surface area contributed by atoms with Gasteiger partial charge in [-0.2, -0.15) is 0 Å². The quantitative estimate of drug-likeness (QED) is 0.637. The first kappa shape index (κ1) is 17.6. The maximum absolute atomic E-state index is 12.1. The molecule has 2 rings (SSSR count). The van der Waals surface area contributed by atoms with Crippen LogP contribution in [0.2, 0.25) is 0 Å². The molecule has 0 aromatic heterocycles. The fourth-order valence-corrected chi connectivity index (χ4v) is 2.24.